The first-order valence-corrected chi connectivity index (χ1v) is 4.94. The molecule has 0 aromatic carbocycles. The fourth-order valence-electron chi connectivity index (χ4n) is 1.48. The highest BCUT2D eigenvalue weighted by atomic mass is 16.2. The molecule has 0 aromatic heterocycles. The molecule has 80 valence electrons. The van der Waals surface area contributed by atoms with Crippen LogP contribution >= 0.6 is 0 Å². The van der Waals surface area contributed by atoms with Crippen LogP contribution in [-0.4, -0.2) is 30.4 Å². The Balaban J connectivity index is 2.48. The van der Waals surface area contributed by atoms with Crippen molar-refractivity contribution in [2.45, 2.75) is 38.3 Å². The van der Waals surface area contributed by atoms with Crippen LogP contribution in [0.25, 0.3) is 0 Å². The molecule has 0 aliphatic carbocycles. The molecule has 1 aliphatic heterocycles. The molecule has 0 bridgehead atoms. The van der Waals surface area contributed by atoms with Gasteiger partial charge in [-0.05, 0) is 26.2 Å². The highest BCUT2D eigenvalue weighted by Crippen LogP contribution is 2.05. The maximum absolute atomic E-state index is 11.4. The molecule has 1 heterocycles. The Labute approximate surface area is 83.4 Å². The average molecular weight is 199 g/mol. The van der Waals surface area contributed by atoms with Crippen molar-refractivity contribution in [2.24, 2.45) is 5.73 Å². The number of nitrogens with two attached hydrogens (primary N) is 1. The Morgan fingerprint density at radius 1 is 1.64 bits per heavy atom. The third-order valence-electron chi connectivity index (χ3n) is 2.41. The molecule has 0 aromatic rings. The Kier molecular flexibility index (Phi) is 3.88. The van der Waals surface area contributed by atoms with E-state index >= 15 is 0 Å². The first-order chi connectivity index (χ1) is 6.61. The molecule has 5 nitrogen and oxygen atoms in total. The molecule has 2 atom stereocenters. The fourth-order valence-corrected chi connectivity index (χ4v) is 1.48. The second-order valence-electron chi connectivity index (χ2n) is 3.63. The van der Waals surface area contributed by atoms with Gasteiger partial charge in [0, 0.05) is 6.54 Å². The van der Waals surface area contributed by atoms with E-state index in [1.807, 2.05) is 0 Å². The predicted octanol–water partition coefficient (Wildman–Crippen LogP) is -0.881. The van der Waals surface area contributed by atoms with Gasteiger partial charge in [-0.2, -0.15) is 0 Å². The first-order valence-electron chi connectivity index (χ1n) is 4.94. The fraction of sp³-hybridized carbons (Fsp3) is 0.778. The standard InChI is InChI=1S/C9H17N3O2/c1-6(8(10)13)12-7-4-2-3-5-11-9(7)14/h6-7,12H,2-5H2,1H3,(H2,10,13)(H,11,14). The summed E-state index contributed by atoms with van der Waals surface area (Å²) in [5.41, 5.74) is 5.10. The SMILES string of the molecule is CC(NC1CCCCNC1=O)C(N)=O. The van der Waals surface area contributed by atoms with Gasteiger partial charge in [0.15, 0.2) is 0 Å². The molecule has 14 heavy (non-hydrogen) atoms. The van der Waals surface area contributed by atoms with Crippen molar-refractivity contribution in [3.63, 3.8) is 0 Å². The summed E-state index contributed by atoms with van der Waals surface area (Å²) in [6.45, 7) is 2.39. The second kappa shape index (κ2) is 4.95. The van der Waals surface area contributed by atoms with Crippen molar-refractivity contribution in [1.29, 1.82) is 0 Å². The number of carbonyl (C=O) groups is 2. The molecule has 2 unspecified atom stereocenters. The number of primary amides is 1. The molecule has 1 saturated heterocycles. The van der Waals surface area contributed by atoms with Crippen LogP contribution in [0.15, 0.2) is 0 Å². The van der Waals surface area contributed by atoms with E-state index in [9.17, 15) is 9.59 Å². The number of carbonyl (C=O) groups excluding carboxylic acids is 2. The Morgan fingerprint density at radius 2 is 2.36 bits per heavy atom. The predicted molar refractivity (Wildman–Crippen MR) is 52.4 cm³/mol. The normalized spacial score (nSPS) is 24.9. The zero-order valence-electron chi connectivity index (χ0n) is 8.38. The summed E-state index contributed by atoms with van der Waals surface area (Å²) in [6, 6.07) is -0.733. The van der Waals surface area contributed by atoms with Crippen LogP contribution in [0.3, 0.4) is 0 Å². The van der Waals surface area contributed by atoms with Gasteiger partial charge in [0.05, 0.1) is 12.1 Å². The van der Waals surface area contributed by atoms with E-state index in [1.54, 1.807) is 6.92 Å². The minimum atomic E-state index is -0.455. The molecule has 2 amide bonds. The van der Waals surface area contributed by atoms with Gasteiger partial charge in [-0.3, -0.25) is 14.9 Å². The van der Waals surface area contributed by atoms with Gasteiger partial charge in [0.25, 0.3) is 0 Å². The highest BCUT2D eigenvalue weighted by Gasteiger charge is 2.23. The summed E-state index contributed by atoms with van der Waals surface area (Å²) >= 11 is 0. The number of hydrogen-bond acceptors (Lipinski definition) is 3. The summed E-state index contributed by atoms with van der Waals surface area (Å²) in [5, 5.41) is 5.71. The molecule has 0 spiro atoms. The molecule has 0 saturated carbocycles. The van der Waals surface area contributed by atoms with Crippen LogP contribution < -0.4 is 16.4 Å². The van der Waals surface area contributed by atoms with Crippen molar-refractivity contribution < 1.29 is 9.59 Å². The van der Waals surface area contributed by atoms with E-state index in [2.05, 4.69) is 10.6 Å². The Bertz CT molecular complexity index is 230. The number of rotatable bonds is 3. The molecule has 1 fully saturated rings. The van der Waals surface area contributed by atoms with Crippen LogP contribution in [0, 0.1) is 0 Å². The van der Waals surface area contributed by atoms with Crippen molar-refractivity contribution in [3.05, 3.63) is 0 Å². The molecule has 1 rings (SSSR count). The zero-order valence-corrected chi connectivity index (χ0v) is 8.38. The molecule has 1 aliphatic rings. The average Bonchev–Trinajstić information content (AvgIpc) is 2.32. The quantitative estimate of drug-likeness (QED) is 0.552. The van der Waals surface area contributed by atoms with Crippen molar-refractivity contribution in [2.75, 3.05) is 6.54 Å². The van der Waals surface area contributed by atoms with Crippen LogP contribution in [0.2, 0.25) is 0 Å². The van der Waals surface area contributed by atoms with Gasteiger partial charge in [-0.1, -0.05) is 0 Å². The van der Waals surface area contributed by atoms with Crippen LogP contribution in [0.1, 0.15) is 26.2 Å². The third-order valence-corrected chi connectivity index (χ3v) is 2.41. The van der Waals surface area contributed by atoms with Crippen molar-refractivity contribution in [3.8, 4) is 0 Å². The van der Waals surface area contributed by atoms with Gasteiger partial charge in [-0.25, -0.2) is 0 Å². The van der Waals surface area contributed by atoms with E-state index in [-0.39, 0.29) is 11.9 Å². The van der Waals surface area contributed by atoms with E-state index in [0.717, 1.165) is 25.8 Å². The van der Waals surface area contributed by atoms with Gasteiger partial charge in [-0.15, -0.1) is 0 Å². The second-order valence-corrected chi connectivity index (χ2v) is 3.63. The van der Waals surface area contributed by atoms with Gasteiger partial charge in [0.1, 0.15) is 0 Å². The highest BCUT2D eigenvalue weighted by molar-refractivity contribution is 5.84. The lowest BCUT2D eigenvalue weighted by molar-refractivity contribution is -0.124. The van der Waals surface area contributed by atoms with Crippen molar-refractivity contribution in [1.82, 2.24) is 10.6 Å². The van der Waals surface area contributed by atoms with Crippen LogP contribution in [-0.2, 0) is 9.59 Å². The van der Waals surface area contributed by atoms with Gasteiger partial charge in [0.2, 0.25) is 11.8 Å². The van der Waals surface area contributed by atoms with Crippen molar-refractivity contribution >= 4 is 11.8 Å². The minimum absolute atomic E-state index is 0.0319. The molecule has 4 N–H and O–H groups in total. The minimum Gasteiger partial charge on any atom is -0.368 e. The van der Waals surface area contributed by atoms with Crippen LogP contribution in [0.4, 0.5) is 0 Å². The summed E-state index contributed by atoms with van der Waals surface area (Å²) in [7, 11) is 0. The van der Waals surface area contributed by atoms with Gasteiger partial charge >= 0.3 is 0 Å². The number of amides is 2. The van der Waals surface area contributed by atoms with Gasteiger partial charge < -0.3 is 11.1 Å². The maximum atomic E-state index is 11.4. The zero-order chi connectivity index (χ0) is 10.6. The summed E-state index contributed by atoms with van der Waals surface area (Å²) in [6.07, 6.45) is 2.75. The largest absolute Gasteiger partial charge is 0.368 e. The smallest absolute Gasteiger partial charge is 0.237 e. The molecule has 5 heteroatoms. The molecular weight excluding hydrogens is 182 g/mol. The summed E-state index contributed by atoms with van der Waals surface area (Å²) in [4.78, 5) is 22.2. The monoisotopic (exact) mass is 199 g/mol. The number of hydrogen-bond donors (Lipinski definition) is 3. The number of nitrogens with one attached hydrogen (secondary N) is 2. The molecule has 0 radical (unpaired) electrons. The molecular formula is C9H17N3O2. The van der Waals surface area contributed by atoms with E-state index in [0.29, 0.717) is 0 Å². The summed E-state index contributed by atoms with van der Waals surface area (Å²) < 4.78 is 0. The van der Waals surface area contributed by atoms with Crippen LogP contribution in [0.5, 0.6) is 0 Å². The van der Waals surface area contributed by atoms with E-state index in [1.165, 1.54) is 0 Å². The Morgan fingerprint density at radius 3 is 3.00 bits per heavy atom. The lowest BCUT2D eigenvalue weighted by Gasteiger charge is -2.18. The maximum Gasteiger partial charge on any atom is 0.237 e. The first kappa shape index (κ1) is 11.0. The lowest BCUT2D eigenvalue weighted by atomic mass is 10.1. The topological polar surface area (TPSA) is 84.2 Å². The summed E-state index contributed by atoms with van der Waals surface area (Å²) in [5.74, 6) is -0.461. The van der Waals surface area contributed by atoms with E-state index in [4.69, 9.17) is 5.73 Å². The Hall–Kier alpha value is -1.10. The van der Waals surface area contributed by atoms with E-state index < -0.39 is 11.9 Å². The lowest BCUT2D eigenvalue weighted by Crippen LogP contribution is -2.50. The third kappa shape index (κ3) is 2.99.